The van der Waals surface area contributed by atoms with Crippen LogP contribution in [0.3, 0.4) is 0 Å². The summed E-state index contributed by atoms with van der Waals surface area (Å²) in [5.74, 6) is -0.969. The molecule has 168 valence electrons. The highest BCUT2D eigenvalue weighted by Crippen LogP contribution is 2.34. The zero-order valence-electron chi connectivity index (χ0n) is 17.5. The molecule has 8 heteroatoms. The second kappa shape index (κ2) is 8.76. The number of carbonyl (C=O) groups excluding carboxylic acids is 1. The minimum absolute atomic E-state index is 0.0215. The molecule has 2 N–H and O–H groups in total. The summed E-state index contributed by atoms with van der Waals surface area (Å²) < 4.78 is 54.0. The van der Waals surface area contributed by atoms with E-state index in [9.17, 15) is 22.4 Å². The number of aryl methyl sites for hydroxylation is 1. The maximum atomic E-state index is 14.2. The molecule has 1 aromatic heterocycles. The van der Waals surface area contributed by atoms with Crippen LogP contribution in [0.25, 0.3) is 10.9 Å². The van der Waals surface area contributed by atoms with E-state index in [-0.39, 0.29) is 23.2 Å². The summed E-state index contributed by atoms with van der Waals surface area (Å²) in [5, 5.41) is 6.76. The first-order valence-electron chi connectivity index (χ1n) is 10.5. The largest absolute Gasteiger partial charge is 0.433 e. The van der Waals surface area contributed by atoms with Gasteiger partial charge in [-0.3, -0.25) is 4.79 Å². The zero-order chi connectivity index (χ0) is 22.9. The summed E-state index contributed by atoms with van der Waals surface area (Å²) >= 11 is 0. The molecule has 0 saturated heterocycles. The molecule has 4 rings (SSSR count). The smallest absolute Gasteiger partial charge is 0.382 e. The van der Waals surface area contributed by atoms with Gasteiger partial charge in [0.25, 0.3) is 5.91 Å². The summed E-state index contributed by atoms with van der Waals surface area (Å²) in [6.07, 6.45) is -1.91. The van der Waals surface area contributed by atoms with Crippen molar-refractivity contribution in [3.05, 3.63) is 71.2 Å². The quantitative estimate of drug-likeness (QED) is 0.495. The van der Waals surface area contributed by atoms with Gasteiger partial charge in [-0.2, -0.15) is 13.2 Å². The Balaban J connectivity index is 1.43. The summed E-state index contributed by atoms with van der Waals surface area (Å²) in [6.45, 7) is 1.61. The van der Waals surface area contributed by atoms with Crippen LogP contribution in [0.5, 0.6) is 0 Å². The number of carbonyl (C=O) groups is 1. The number of para-hydroxylation sites is 1. The van der Waals surface area contributed by atoms with Gasteiger partial charge in [-0.1, -0.05) is 30.3 Å². The van der Waals surface area contributed by atoms with Crippen molar-refractivity contribution in [2.45, 2.75) is 50.9 Å². The van der Waals surface area contributed by atoms with Gasteiger partial charge < -0.3 is 10.6 Å². The molecule has 0 bridgehead atoms. The highest BCUT2D eigenvalue weighted by Gasteiger charge is 2.34. The summed E-state index contributed by atoms with van der Waals surface area (Å²) in [5.41, 5.74) is 0.185. The number of anilines is 1. The number of halogens is 4. The molecular formula is C24H23F4N3O. The Morgan fingerprint density at radius 1 is 1.00 bits per heavy atom. The number of nitrogens with one attached hydrogen (secondary N) is 2. The van der Waals surface area contributed by atoms with E-state index in [4.69, 9.17) is 0 Å². The van der Waals surface area contributed by atoms with Gasteiger partial charge in [-0.15, -0.1) is 0 Å². The number of amides is 1. The van der Waals surface area contributed by atoms with Crippen molar-refractivity contribution >= 4 is 22.5 Å². The molecule has 1 aliphatic rings. The van der Waals surface area contributed by atoms with Crippen molar-refractivity contribution in [2.24, 2.45) is 0 Å². The molecule has 1 fully saturated rings. The Labute approximate surface area is 183 Å². The highest BCUT2D eigenvalue weighted by atomic mass is 19.4. The number of benzene rings is 2. The number of pyridine rings is 1. The fourth-order valence-electron chi connectivity index (χ4n) is 4.13. The van der Waals surface area contributed by atoms with Crippen LogP contribution >= 0.6 is 0 Å². The lowest BCUT2D eigenvalue weighted by Crippen LogP contribution is -2.40. The molecule has 1 aliphatic carbocycles. The molecule has 1 heterocycles. The molecule has 4 nitrogen and oxygen atoms in total. The maximum Gasteiger partial charge on any atom is 0.433 e. The molecule has 32 heavy (non-hydrogen) atoms. The lowest BCUT2D eigenvalue weighted by Gasteiger charge is -2.31. The molecule has 0 radical (unpaired) electrons. The van der Waals surface area contributed by atoms with Gasteiger partial charge in [0.15, 0.2) is 0 Å². The van der Waals surface area contributed by atoms with Gasteiger partial charge in [0.05, 0.1) is 11.1 Å². The number of fused-ring (bicyclic) bond motifs is 1. The standard InChI is InChI=1S/C24H23F4N3O/c1-14-5-4-7-18(22(14)25)23(32)30-16-11-9-15(10-12-16)29-20-13-21(24(26,27)28)31-19-8-3-2-6-17(19)20/h2-8,13,15-16H,9-12H2,1H3,(H,29,31)(H,30,32). The third kappa shape index (κ3) is 4.69. The van der Waals surface area contributed by atoms with E-state index in [1.165, 1.54) is 6.07 Å². The first kappa shape index (κ1) is 22.0. The molecule has 0 aliphatic heterocycles. The van der Waals surface area contributed by atoms with Gasteiger partial charge in [0, 0.05) is 23.2 Å². The van der Waals surface area contributed by atoms with Crippen LogP contribution in [0.4, 0.5) is 23.2 Å². The van der Waals surface area contributed by atoms with Crippen LogP contribution in [0, 0.1) is 12.7 Å². The lowest BCUT2D eigenvalue weighted by molar-refractivity contribution is -0.140. The summed E-state index contributed by atoms with van der Waals surface area (Å²) in [4.78, 5) is 16.2. The van der Waals surface area contributed by atoms with Gasteiger partial charge in [0.2, 0.25) is 0 Å². The Morgan fingerprint density at radius 2 is 1.69 bits per heavy atom. The fraction of sp³-hybridized carbons (Fsp3) is 0.333. The number of alkyl halides is 3. The third-order valence-electron chi connectivity index (χ3n) is 5.87. The van der Waals surface area contributed by atoms with E-state index in [0.717, 1.165) is 6.07 Å². The van der Waals surface area contributed by atoms with E-state index in [2.05, 4.69) is 15.6 Å². The van der Waals surface area contributed by atoms with Crippen molar-refractivity contribution in [3.63, 3.8) is 0 Å². The summed E-state index contributed by atoms with van der Waals surface area (Å²) in [7, 11) is 0. The molecule has 1 saturated carbocycles. The van der Waals surface area contributed by atoms with E-state index >= 15 is 0 Å². The number of hydrogen-bond donors (Lipinski definition) is 2. The normalized spacial score (nSPS) is 19.0. The Kier molecular flexibility index (Phi) is 6.04. The average Bonchev–Trinajstić information content (AvgIpc) is 2.76. The van der Waals surface area contributed by atoms with Crippen molar-refractivity contribution in [3.8, 4) is 0 Å². The van der Waals surface area contributed by atoms with Gasteiger partial charge in [-0.05, 0) is 56.4 Å². The Morgan fingerprint density at radius 3 is 2.41 bits per heavy atom. The van der Waals surface area contributed by atoms with Crippen molar-refractivity contribution < 1.29 is 22.4 Å². The lowest BCUT2D eigenvalue weighted by atomic mass is 9.90. The van der Waals surface area contributed by atoms with Gasteiger partial charge >= 0.3 is 6.18 Å². The first-order chi connectivity index (χ1) is 15.2. The molecule has 0 unspecified atom stereocenters. The minimum Gasteiger partial charge on any atom is -0.382 e. The molecule has 0 spiro atoms. The highest BCUT2D eigenvalue weighted by molar-refractivity contribution is 5.95. The number of hydrogen-bond acceptors (Lipinski definition) is 3. The summed E-state index contributed by atoms with van der Waals surface area (Å²) in [6, 6.07) is 12.3. The molecular weight excluding hydrogens is 422 g/mol. The van der Waals surface area contributed by atoms with Crippen molar-refractivity contribution in [1.82, 2.24) is 10.3 Å². The van der Waals surface area contributed by atoms with E-state index in [1.54, 1.807) is 43.3 Å². The van der Waals surface area contributed by atoms with Crippen LogP contribution in [-0.4, -0.2) is 23.0 Å². The van der Waals surface area contributed by atoms with Crippen LogP contribution < -0.4 is 10.6 Å². The molecule has 3 aromatic rings. The SMILES string of the molecule is Cc1cccc(C(=O)NC2CCC(Nc3cc(C(F)(F)F)nc4ccccc34)CC2)c1F. The molecule has 1 amide bonds. The topological polar surface area (TPSA) is 54.0 Å². The first-order valence-corrected chi connectivity index (χ1v) is 10.5. The second-order valence-electron chi connectivity index (χ2n) is 8.17. The Bertz CT molecular complexity index is 1140. The zero-order valence-corrected chi connectivity index (χ0v) is 17.5. The number of rotatable bonds is 4. The monoisotopic (exact) mass is 445 g/mol. The van der Waals surface area contributed by atoms with Crippen LogP contribution in [0.2, 0.25) is 0 Å². The fourth-order valence-corrected chi connectivity index (χ4v) is 4.13. The molecule has 2 aromatic carbocycles. The average molecular weight is 445 g/mol. The third-order valence-corrected chi connectivity index (χ3v) is 5.87. The predicted octanol–water partition coefficient (Wildman–Crippen LogP) is 5.85. The van der Waals surface area contributed by atoms with Gasteiger partial charge in [-0.25, -0.2) is 9.37 Å². The molecule has 0 atom stereocenters. The van der Waals surface area contributed by atoms with Crippen molar-refractivity contribution in [1.29, 1.82) is 0 Å². The van der Waals surface area contributed by atoms with Crippen LogP contribution in [-0.2, 0) is 6.18 Å². The second-order valence-corrected chi connectivity index (χ2v) is 8.17. The van der Waals surface area contributed by atoms with Crippen LogP contribution in [0.15, 0.2) is 48.5 Å². The number of nitrogens with zero attached hydrogens (tertiary/aromatic N) is 1. The van der Waals surface area contributed by atoms with E-state index < -0.39 is 23.6 Å². The van der Waals surface area contributed by atoms with Crippen LogP contribution in [0.1, 0.15) is 47.3 Å². The Hall–Kier alpha value is -3.16. The minimum atomic E-state index is -4.53. The van der Waals surface area contributed by atoms with Crippen molar-refractivity contribution in [2.75, 3.05) is 5.32 Å². The predicted molar refractivity (Wildman–Crippen MR) is 115 cm³/mol. The van der Waals surface area contributed by atoms with E-state index in [1.807, 2.05) is 0 Å². The van der Waals surface area contributed by atoms with E-state index in [0.29, 0.717) is 42.3 Å². The van der Waals surface area contributed by atoms with Gasteiger partial charge in [0.1, 0.15) is 11.5 Å². The number of aromatic nitrogens is 1. The maximum absolute atomic E-state index is 14.2.